The highest BCUT2D eigenvalue weighted by Crippen LogP contribution is 2.34. The Morgan fingerprint density at radius 2 is 2.00 bits per heavy atom. The number of carbonyl (C=O) groups is 1. The van der Waals surface area contributed by atoms with Crippen LogP contribution < -0.4 is 5.32 Å². The zero-order valence-electron chi connectivity index (χ0n) is 12.1. The average molecular weight is 296 g/mol. The van der Waals surface area contributed by atoms with Crippen molar-refractivity contribution in [2.24, 2.45) is 5.92 Å². The van der Waals surface area contributed by atoms with Gasteiger partial charge in [-0.1, -0.05) is 31.4 Å². The first-order valence-electron chi connectivity index (χ1n) is 7.18. The highest BCUT2D eigenvalue weighted by Gasteiger charge is 2.40. The van der Waals surface area contributed by atoms with Crippen LogP contribution in [0.1, 0.15) is 39.0 Å². The molecule has 0 saturated heterocycles. The highest BCUT2D eigenvalue weighted by atomic mass is 35.5. The molecule has 0 spiro atoms. The van der Waals surface area contributed by atoms with Crippen LogP contribution in [0.4, 0.5) is 5.69 Å². The molecule has 1 N–H and O–H groups in total. The van der Waals surface area contributed by atoms with Crippen LogP contribution in [-0.2, 0) is 9.53 Å². The maximum Gasteiger partial charge on any atom is 0.331 e. The van der Waals surface area contributed by atoms with Gasteiger partial charge in [0.1, 0.15) is 5.54 Å². The molecule has 0 aromatic heterocycles. The van der Waals surface area contributed by atoms with Gasteiger partial charge >= 0.3 is 5.97 Å². The van der Waals surface area contributed by atoms with Crippen molar-refractivity contribution in [2.45, 2.75) is 44.6 Å². The van der Waals surface area contributed by atoms with E-state index in [4.69, 9.17) is 16.3 Å². The lowest BCUT2D eigenvalue weighted by Gasteiger charge is -2.32. The van der Waals surface area contributed by atoms with Crippen molar-refractivity contribution in [3.05, 3.63) is 29.3 Å². The molecular formula is C16H22ClNO2. The normalized spacial score (nSPS) is 26.6. The first kappa shape index (κ1) is 15.2. The molecule has 2 atom stereocenters. The number of hydrogen-bond donors (Lipinski definition) is 1. The molecular weight excluding hydrogens is 274 g/mol. The minimum absolute atomic E-state index is 0.165. The number of nitrogens with one attached hydrogen (secondary N) is 1. The Morgan fingerprint density at radius 1 is 1.30 bits per heavy atom. The van der Waals surface area contributed by atoms with Crippen molar-refractivity contribution >= 4 is 23.3 Å². The van der Waals surface area contributed by atoms with Gasteiger partial charge in [0.15, 0.2) is 0 Å². The predicted octanol–water partition coefficient (Wildman–Crippen LogP) is 4.26. The summed E-state index contributed by atoms with van der Waals surface area (Å²) in [6.07, 6.45) is 4.86. The van der Waals surface area contributed by atoms with Crippen LogP contribution in [0.2, 0.25) is 5.02 Å². The first-order valence-corrected chi connectivity index (χ1v) is 7.56. The molecule has 0 heterocycles. The van der Waals surface area contributed by atoms with E-state index in [9.17, 15) is 4.79 Å². The molecule has 0 aliphatic heterocycles. The fourth-order valence-electron chi connectivity index (χ4n) is 2.90. The fraction of sp³-hybridized carbons (Fsp3) is 0.562. The molecule has 1 fully saturated rings. The van der Waals surface area contributed by atoms with Gasteiger partial charge in [0.2, 0.25) is 0 Å². The summed E-state index contributed by atoms with van der Waals surface area (Å²) in [5.41, 5.74) is 0.308. The van der Waals surface area contributed by atoms with E-state index in [1.807, 2.05) is 24.3 Å². The molecule has 20 heavy (non-hydrogen) atoms. The van der Waals surface area contributed by atoms with E-state index in [2.05, 4.69) is 12.2 Å². The summed E-state index contributed by atoms with van der Waals surface area (Å²) in [7, 11) is 1.46. The van der Waals surface area contributed by atoms with Gasteiger partial charge in [-0.25, -0.2) is 4.79 Å². The number of anilines is 1. The highest BCUT2D eigenvalue weighted by molar-refractivity contribution is 6.30. The van der Waals surface area contributed by atoms with Crippen LogP contribution in [0.15, 0.2) is 24.3 Å². The maximum absolute atomic E-state index is 12.3. The molecule has 0 amide bonds. The lowest BCUT2D eigenvalue weighted by molar-refractivity contribution is -0.146. The van der Waals surface area contributed by atoms with E-state index < -0.39 is 5.54 Å². The number of rotatable bonds is 3. The van der Waals surface area contributed by atoms with E-state index in [0.717, 1.165) is 31.4 Å². The topological polar surface area (TPSA) is 38.3 Å². The minimum Gasteiger partial charge on any atom is -0.467 e. The van der Waals surface area contributed by atoms with Crippen molar-refractivity contribution in [3.63, 3.8) is 0 Å². The van der Waals surface area contributed by atoms with Gasteiger partial charge in [0.05, 0.1) is 7.11 Å². The van der Waals surface area contributed by atoms with Crippen molar-refractivity contribution in [1.29, 1.82) is 0 Å². The van der Waals surface area contributed by atoms with E-state index in [0.29, 0.717) is 10.9 Å². The van der Waals surface area contributed by atoms with E-state index in [1.54, 1.807) is 0 Å². The van der Waals surface area contributed by atoms with Gasteiger partial charge in [-0.05, 0) is 49.4 Å². The van der Waals surface area contributed by atoms with Gasteiger partial charge in [-0.2, -0.15) is 0 Å². The lowest BCUT2D eigenvalue weighted by Crippen LogP contribution is -2.46. The number of carbonyl (C=O) groups excluding carboxylic acids is 1. The van der Waals surface area contributed by atoms with Crippen molar-refractivity contribution in [3.8, 4) is 0 Å². The summed E-state index contributed by atoms with van der Waals surface area (Å²) >= 11 is 5.90. The summed E-state index contributed by atoms with van der Waals surface area (Å²) in [4.78, 5) is 12.3. The third-order valence-corrected chi connectivity index (χ3v) is 4.42. The number of benzene rings is 1. The molecule has 3 nitrogen and oxygen atoms in total. The largest absolute Gasteiger partial charge is 0.467 e. The zero-order chi connectivity index (χ0) is 14.6. The fourth-order valence-corrected chi connectivity index (χ4v) is 3.03. The Labute approximate surface area is 125 Å². The van der Waals surface area contributed by atoms with E-state index in [1.165, 1.54) is 13.5 Å². The van der Waals surface area contributed by atoms with Crippen LogP contribution in [0.3, 0.4) is 0 Å². The van der Waals surface area contributed by atoms with Crippen molar-refractivity contribution in [1.82, 2.24) is 0 Å². The summed E-state index contributed by atoms with van der Waals surface area (Å²) in [6, 6.07) is 7.46. The second kappa shape index (κ2) is 6.49. The molecule has 0 bridgehead atoms. The molecule has 2 unspecified atom stereocenters. The molecule has 2 rings (SSSR count). The number of esters is 1. The smallest absolute Gasteiger partial charge is 0.331 e. The van der Waals surface area contributed by atoms with Crippen LogP contribution in [0, 0.1) is 5.92 Å². The average Bonchev–Trinajstić information content (AvgIpc) is 2.64. The molecule has 1 saturated carbocycles. The number of ether oxygens (including phenoxy) is 1. The zero-order valence-corrected chi connectivity index (χ0v) is 12.9. The van der Waals surface area contributed by atoms with Crippen molar-refractivity contribution < 1.29 is 9.53 Å². The Bertz CT molecular complexity index is 460. The SMILES string of the molecule is COC(=O)C1(Nc2ccc(Cl)cc2)CCCC(C)CC1. The van der Waals surface area contributed by atoms with Gasteiger partial charge < -0.3 is 10.1 Å². The molecule has 1 aliphatic rings. The van der Waals surface area contributed by atoms with Crippen molar-refractivity contribution in [2.75, 3.05) is 12.4 Å². The predicted molar refractivity (Wildman–Crippen MR) is 82.1 cm³/mol. The molecule has 1 aromatic carbocycles. The Hall–Kier alpha value is -1.22. The van der Waals surface area contributed by atoms with Gasteiger partial charge in [-0.3, -0.25) is 0 Å². The maximum atomic E-state index is 12.3. The Kier molecular flexibility index (Phi) is 4.92. The Morgan fingerprint density at radius 3 is 2.65 bits per heavy atom. The number of hydrogen-bond acceptors (Lipinski definition) is 3. The molecule has 4 heteroatoms. The van der Waals surface area contributed by atoms with Crippen LogP contribution in [0.5, 0.6) is 0 Å². The Balaban J connectivity index is 2.22. The van der Waals surface area contributed by atoms with Crippen LogP contribution in [-0.4, -0.2) is 18.6 Å². The number of halogens is 1. The minimum atomic E-state index is -0.604. The standard InChI is InChI=1S/C16H22ClNO2/c1-12-4-3-10-16(11-9-12,15(19)20-2)18-14-7-5-13(17)6-8-14/h5-8,12,18H,3-4,9-11H2,1-2H3. The molecule has 110 valence electrons. The third kappa shape index (κ3) is 3.45. The van der Waals surface area contributed by atoms with Gasteiger partial charge in [0.25, 0.3) is 0 Å². The van der Waals surface area contributed by atoms with Gasteiger partial charge in [-0.15, -0.1) is 0 Å². The second-order valence-electron chi connectivity index (χ2n) is 5.74. The molecule has 1 aromatic rings. The monoisotopic (exact) mass is 295 g/mol. The lowest BCUT2D eigenvalue weighted by atomic mass is 9.89. The molecule has 1 aliphatic carbocycles. The third-order valence-electron chi connectivity index (χ3n) is 4.17. The number of methoxy groups -OCH3 is 1. The second-order valence-corrected chi connectivity index (χ2v) is 6.18. The van der Waals surface area contributed by atoms with Crippen LogP contribution in [0.25, 0.3) is 0 Å². The summed E-state index contributed by atoms with van der Waals surface area (Å²) in [5.74, 6) is 0.495. The molecule has 0 radical (unpaired) electrons. The van der Waals surface area contributed by atoms with Crippen LogP contribution >= 0.6 is 11.6 Å². The van der Waals surface area contributed by atoms with Gasteiger partial charge in [0, 0.05) is 10.7 Å². The quantitative estimate of drug-likeness (QED) is 0.669. The van der Waals surface area contributed by atoms with E-state index in [-0.39, 0.29) is 5.97 Å². The summed E-state index contributed by atoms with van der Waals surface area (Å²) in [6.45, 7) is 2.25. The summed E-state index contributed by atoms with van der Waals surface area (Å²) in [5, 5.41) is 4.09. The summed E-state index contributed by atoms with van der Waals surface area (Å²) < 4.78 is 5.05. The first-order chi connectivity index (χ1) is 9.55. The van der Waals surface area contributed by atoms with E-state index >= 15 is 0 Å².